The molecule has 2 rings (SSSR count). The van der Waals surface area contributed by atoms with E-state index < -0.39 is 0 Å². The first-order chi connectivity index (χ1) is 10.3. The van der Waals surface area contributed by atoms with Crippen LogP contribution in [0.2, 0.25) is 0 Å². The topological polar surface area (TPSA) is 79.0 Å². The van der Waals surface area contributed by atoms with Gasteiger partial charge in [-0.1, -0.05) is 38.0 Å². The molecule has 114 valence electrons. The Morgan fingerprint density at radius 2 is 2.00 bits per heavy atom. The highest BCUT2D eigenvalue weighted by atomic mass is 16.3. The number of carbonyl (C=O) groups excluding carboxylic acids is 1. The highest BCUT2D eigenvalue weighted by Crippen LogP contribution is 2.25. The second-order valence-electron chi connectivity index (χ2n) is 6.32. The summed E-state index contributed by atoms with van der Waals surface area (Å²) in [6.07, 6.45) is 0.214. The molecule has 1 heterocycles. The van der Waals surface area contributed by atoms with Crippen molar-refractivity contribution in [1.29, 1.82) is 0 Å². The van der Waals surface area contributed by atoms with E-state index in [9.17, 15) is 4.79 Å². The largest absolute Gasteiger partial charge is 0.457 e. The summed E-state index contributed by atoms with van der Waals surface area (Å²) in [5.41, 5.74) is 10.6. The first-order valence-electron chi connectivity index (χ1n) is 7.09. The molecule has 1 aromatic carbocycles. The van der Waals surface area contributed by atoms with Gasteiger partial charge in [0.25, 0.3) is 0 Å². The van der Waals surface area contributed by atoms with Gasteiger partial charge in [-0.15, -0.1) is 0 Å². The van der Waals surface area contributed by atoms with Crippen molar-refractivity contribution in [2.45, 2.75) is 39.5 Å². The maximum Gasteiger partial charge on any atom is 0.202 e. The van der Waals surface area contributed by atoms with Gasteiger partial charge in [-0.3, -0.25) is 4.79 Å². The number of rotatable bonds is 4. The lowest BCUT2D eigenvalue weighted by atomic mass is 9.94. The molecule has 5 heteroatoms. The molecule has 0 spiro atoms. The summed E-state index contributed by atoms with van der Waals surface area (Å²) < 4.78 is 5.65. The zero-order chi connectivity index (χ0) is 16.3. The van der Waals surface area contributed by atoms with Crippen molar-refractivity contribution >= 4 is 11.5 Å². The molecule has 0 fully saturated rings. The molecule has 0 saturated heterocycles. The molecule has 0 amide bonds. The van der Waals surface area contributed by atoms with Crippen molar-refractivity contribution in [2.75, 3.05) is 0 Å². The minimum atomic E-state index is -0.128. The molecule has 22 heavy (non-hydrogen) atoms. The van der Waals surface area contributed by atoms with Gasteiger partial charge >= 0.3 is 0 Å². The van der Waals surface area contributed by atoms with Crippen molar-refractivity contribution in [3.05, 3.63) is 63.4 Å². The van der Waals surface area contributed by atoms with E-state index in [0.29, 0.717) is 11.4 Å². The first-order valence-corrected chi connectivity index (χ1v) is 7.09. The molecule has 0 unspecified atom stereocenters. The highest BCUT2D eigenvalue weighted by molar-refractivity contribution is 5.95. The molecule has 0 atom stereocenters. The third-order valence-corrected chi connectivity index (χ3v) is 3.41. The van der Waals surface area contributed by atoms with E-state index in [4.69, 9.17) is 9.95 Å². The summed E-state index contributed by atoms with van der Waals surface area (Å²) >= 11 is 0. The van der Waals surface area contributed by atoms with Crippen LogP contribution in [0.3, 0.4) is 0 Å². The van der Waals surface area contributed by atoms with Gasteiger partial charge < -0.3 is 4.42 Å². The lowest BCUT2D eigenvalue weighted by Crippen LogP contribution is -2.09. The fourth-order valence-corrected chi connectivity index (χ4v) is 2.08. The maximum atomic E-state index is 12.3. The van der Waals surface area contributed by atoms with Crippen LogP contribution in [0, 0.1) is 6.92 Å². The van der Waals surface area contributed by atoms with Crippen LogP contribution in [-0.4, -0.2) is 5.78 Å². The molecule has 0 saturated carbocycles. The van der Waals surface area contributed by atoms with E-state index in [1.54, 1.807) is 12.1 Å². The van der Waals surface area contributed by atoms with Crippen LogP contribution in [0.1, 0.15) is 48.2 Å². The molecule has 0 aliphatic carbocycles. The standard InChI is InChI=1S/C17H19N3O2/c1-11-5-6-12(9-13(11)19-20-18)10-14(21)15-7-8-16(22-15)17(2,3)4/h5-9H,10H2,1-4H3. The Morgan fingerprint density at radius 3 is 2.59 bits per heavy atom. The molecule has 0 radical (unpaired) electrons. The first kappa shape index (κ1) is 15.9. The van der Waals surface area contributed by atoms with Gasteiger partial charge in [-0.25, -0.2) is 0 Å². The Labute approximate surface area is 129 Å². The van der Waals surface area contributed by atoms with Gasteiger partial charge in [-0.2, -0.15) is 0 Å². The number of furan rings is 1. The van der Waals surface area contributed by atoms with Gasteiger partial charge in [0.2, 0.25) is 5.78 Å². The van der Waals surface area contributed by atoms with Crippen LogP contribution in [0.15, 0.2) is 39.9 Å². The van der Waals surface area contributed by atoms with E-state index in [-0.39, 0.29) is 17.6 Å². The summed E-state index contributed by atoms with van der Waals surface area (Å²) in [5.74, 6) is 1.05. The van der Waals surface area contributed by atoms with E-state index in [2.05, 4.69) is 10.0 Å². The predicted octanol–water partition coefficient (Wildman–Crippen LogP) is 5.25. The Kier molecular flexibility index (Phi) is 4.38. The summed E-state index contributed by atoms with van der Waals surface area (Å²) in [4.78, 5) is 15.1. The van der Waals surface area contributed by atoms with Crippen molar-refractivity contribution in [2.24, 2.45) is 5.11 Å². The molecule has 0 aliphatic heterocycles. The molecule has 1 aromatic heterocycles. The van der Waals surface area contributed by atoms with Crippen LogP contribution in [0.25, 0.3) is 10.4 Å². The number of ketones is 1. The van der Waals surface area contributed by atoms with Gasteiger partial charge in [-0.05, 0) is 41.8 Å². The minimum Gasteiger partial charge on any atom is -0.457 e. The predicted molar refractivity (Wildman–Crippen MR) is 85.4 cm³/mol. The Morgan fingerprint density at radius 1 is 1.27 bits per heavy atom. The van der Waals surface area contributed by atoms with Gasteiger partial charge in [0.05, 0.1) is 0 Å². The summed E-state index contributed by atoms with van der Waals surface area (Å²) in [5, 5.41) is 3.63. The van der Waals surface area contributed by atoms with Crippen molar-refractivity contribution in [1.82, 2.24) is 0 Å². The molecule has 0 aliphatic rings. The van der Waals surface area contributed by atoms with E-state index >= 15 is 0 Å². The number of Topliss-reactive ketones (excluding diaryl/α,β-unsaturated/α-hetero) is 1. The molecule has 5 nitrogen and oxygen atoms in total. The normalized spacial score (nSPS) is 11.1. The van der Waals surface area contributed by atoms with Crippen LogP contribution >= 0.6 is 0 Å². The molecular formula is C17H19N3O2. The lowest BCUT2D eigenvalue weighted by molar-refractivity contribution is 0.0963. The zero-order valence-corrected chi connectivity index (χ0v) is 13.3. The van der Waals surface area contributed by atoms with Crippen LogP contribution in [-0.2, 0) is 11.8 Å². The quantitative estimate of drug-likeness (QED) is 0.334. The van der Waals surface area contributed by atoms with Crippen LogP contribution < -0.4 is 0 Å². The third kappa shape index (κ3) is 3.57. The van der Waals surface area contributed by atoms with Crippen molar-refractivity contribution in [3.8, 4) is 0 Å². The third-order valence-electron chi connectivity index (χ3n) is 3.41. The highest BCUT2D eigenvalue weighted by Gasteiger charge is 2.20. The maximum absolute atomic E-state index is 12.3. The number of azide groups is 1. The van der Waals surface area contributed by atoms with E-state index in [1.165, 1.54) is 0 Å². The van der Waals surface area contributed by atoms with Gasteiger partial charge in [0.15, 0.2) is 5.76 Å². The van der Waals surface area contributed by atoms with Gasteiger partial charge in [0, 0.05) is 22.4 Å². The number of nitrogens with zero attached hydrogens (tertiary/aromatic N) is 3. The fraction of sp³-hybridized carbons (Fsp3) is 0.353. The summed E-state index contributed by atoms with van der Waals surface area (Å²) in [6.45, 7) is 7.96. The second kappa shape index (κ2) is 6.08. The molecule has 0 bridgehead atoms. The van der Waals surface area contributed by atoms with Crippen LogP contribution in [0.4, 0.5) is 5.69 Å². The Bertz CT molecular complexity index is 748. The fourth-order valence-electron chi connectivity index (χ4n) is 2.08. The summed E-state index contributed by atoms with van der Waals surface area (Å²) in [6, 6.07) is 8.99. The number of aryl methyl sites for hydroxylation is 1. The average molecular weight is 297 g/mol. The lowest BCUT2D eigenvalue weighted by Gasteiger charge is -2.14. The number of hydrogen-bond donors (Lipinski definition) is 0. The minimum absolute atomic E-state index is 0.0914. The molecule has 2 aromatic rings. The number of benzene rings is 1. The van der Waals surface area contributed by atoms with Gasteiger partial charge in [0.1, 0.15) is 5.76 Å². The SMILES string of the molecule is Cc1ccc(CC(=O)c2ccc(C(C)(C)C)o2)cc1N=[N+]=[N-]. The summed E-state index contributed by atoms with van der Waals surface area (Å²) in [7, 11) is 0. The zero-order valence-electron chi connectivity index (χ0n) is 13.3. The van der Waals surface area contributed by atoms with E-state index in [1.807, 2.05) is 45.9 Å². The second-order valence-corrected chi connectivity index (χ2v) is 6.32. The van der Waals surface area contributed by atoms with Crippen molar-refractivity contribution < 1.29 is 9.21 Å². The van der Waals surface area contributed by atoms with Crippen LogP contribution in [0.5, 0.6) is 0 Å². The number of hydrogen-bond acceptors (Lipinski definition) is 3. The average Bonchev–Trinajstić information content (AvgIpc) is 2.92. The Balaban J connectivity index is 2.20. The Hall–Kier alpha value is -2.52. The molecule has 0 N–H and O–H groups in total. The van der Waals surface area contributed by atoms with Crippen molar-refractivity contribution in [3.63, 3.8) is 0 Å². The monoisotopic (exact) mass is 297 g/mol. The van der Waals surface area contributed by atoms with E-state index in [0.717, 1.165) is 16.9 Å². The number of carbonyl (C=O) groups is 1. The molecular weight excluding hydrogens is 278 g/mol. The smallest absolute Gasteiger partial charge is 0.202 e.